The van der Waals surface area contributed by atoms with Crippen LogP contribution in [0.2, 0.25) is 0 Å². The number of nitrogens with zero attached hydrogens (tertiary/aromatic N) is 1. The van der Waals surface area contributed by atoms with E-state index in [1.54, 1.807) is 0 Å². The molecule has 1 saturated heterocycles. The van der Waals surface area contributed by atoms with Crippen molar-refractivity contribution in [3.8, 4) is 0 Å². The van der Waals surface area contributed by atoms with Gasteiger partial charge >= 0.3 is 0 Å². The lowest BCUT2D eigenvalue weighted by Crippen LogP contribution is -2.49. The van der Waals surface area contributed by atoms with Gasteiger partial charge in [-0.2, -0.15) is 0 Å². The summed E-state index contributed by atoms with van der Waals surface area (Å²) in [6, 6.07) is 8.49. The normalized spacial score (nSPS) is 16.1. The number of hydrogen-bond acceptors (Lipinski definition) is 2. The van der Waals surface area contributed by atoms with E-state index in [1.165, 1.54) is 11.1 Å². The summed E-state index contributed by atoms with van der Waals surface area (Å²) in [5, 5.41) is 3.13. The molecule has 1 aliphatic heterocycles. The van der Waals surface area contributed by atoms with Crippen molar-refractivity contribution in [2.75, 3.05) is 13.1 Å². The van der Waals surface area contributed by atoms with Gasteiger partial charge < -0.3 is 10.2 Å². The molecule has 0 aliphatic carbocycles. The molecule has 0 aromatic heterocycles. The maximum Gasteiger partial charge on any atom is 0.227 e. The number of likely N-dealkylation sites (tertiary alicyclic amines) is 1. The van der Waals surface area contributed by atoms with Gasteiger partial charge in [-0.3, -0.25) is 9.59 Å². The van der Waals surface area contributed by atoms with E-state index in [2.05, 4.69) is 30.4 Å². The lowest BCUT2D eigenvalue weighted by atomic mass is 9.93. The summed E-state index contributed by atoms with van der Waals surface area (Å²) in [4.78, 5) is 26.4. The molecule has 0 bridgehead atoms. The Bertz CT molecular complexity index is 582. The lowest BCUT2D eigenvalue weighted by molar-refractivity contribution is -0.140. The predicted molar refractivity (Wildman–Crippen MR) is 96.7 cm³/mol. The Morgan fingerprint density at radius 3 is 2.46 bits per heavy atom. The molecule has 0 saturated carbocycles. The third kappa shape index (κ3) is 5.36. The van der Waals surface area contributed by atoms with Crippen LogP contribution in [0, 0.1) is 12.3 Å². The van der Waals surface area contributed by atoms with Crippen LogP contribution in [0.4, 0.5) is 0 Å². The Morgan fingerprint density at radius 1 is 1.21 bits per heavy atom. The fraction of sp³-hybridized carbons (Fsp3) is 0.600. The number of piperidine rings is 1. The summed E-state index contributed by atoms with van der Waals surface area (Å²) in [6.45, 7) is 9.39. The van der Waals surface area contributed by atoms with Crippen molar-refractivity contribution in [1.29, 1.82) is 0 Å². The Labute approximate surface area is 145 Å². The van der Waals surface area contributed by atoms with Gasteiger partial charge in [0.2, 0.25) is 11.8 Å². The van der Waals surface area contributed by atoms with Gasteiger partial charge in [0.05, 0.1) is 0 Å². The standard InChI is InChI=1S/C20H30N2O2/c1-15-6-5-7-16(14-15)8-9-18(23)21-17-10-12-22(13-11-17)19(24)20(2,3)4/h5-7,14,17H,8-13H2,1-4H3,(H,21,23). The first-order valence-electron chi connectivity index (χ1n) is 8.90. The van der Waals surface area contributed by atoms with Gasteiger partial charge in [0.1, 0.15) is 0 Å². The monoisotopic (exact) mass is 330 g/mol. The Morgan fingerprint density at radius 2 is 1.88 bits per heavy atom. The van der Waals surface area contributed by atoms with E-state index in [9.17, 15) is 9.59 Å². The van der Waals surface area contributed by atoms with E-state index in [4.69, 9.17) is 0 Å². The minimum Gasteiger partial charge on any atom is -0.353 e. The number of benzene rings is 1. The quantitative estimate of drug-likeness (QED) is 0.922. The molecule has 1 aliphatic rings. The molecule has 2 amide bonds. The molecule has 0 spiro atoms. The third-order valence-electron chi connectivity index (χ3n) is 4.51. The summed E-state index contributed by atoms with van der Waals surface area (Å²) in [6.07, 6.45) is 2.98. The summed E-state index contributed by atoms with van der Waals surface area (Å²) in [5.41, 5.74) is 2.10. The van der Waals surface area contributed by atoms with Gasteiger partial charge in [-0.05, 0) is 31.7 Å². The van der Waals surface area contributed by atoms with E-state index < -0.39 is 0 Å². The molecule has 2 rings (SSSR count). The Kier molecular flexibility index (Phi) is 6.03. The fourth-order valence-electron chi connectivity index (χ4n) is 3.13. The van der Waals surface area contributed by atoms with Gasteiger partial charge in [-0.15, -0.1) is 0 Å². The average Bonchev–Trinajstić information content (AvgIpc) is 2.52. The second kappa shape index (κ2) is 7.82. The molecular weight excluding hydrogens is 300 g/mol. The van der Waals surface area contributed by atoms with Crippen LogP contribution in [0.25, 0.3) is 0 Å². The van der Waals surface area contributed by atoms with Gasteiger partial charge in [-0.1, -0.05) is 50.6 Å². The number of amides is 2. The van der Waals surface area contributed by atoms with E-state index in [0.717, 1.165) is 32.4 Å². The van der Waals surface area contributed by atoms with Crippen LogP contribution >= 0.6 is 0 Å². The molecule has 1 aromatic carbocycles. The summed E-state index contributed by atoms with van der Waals surface area (Å²) in [5.74, 6) is 0.309. The lowest BCUT2D eigenvalue weighted by Gasteiger charge is -2.36. The molecule has 1 aromatic rings. The zero-order valence-corrected chi connectivity index (χ0v) is 15.4. The molecule has 0 unspecified atom stereocenters. The van der Waals surface area contributed by atoms with E-state index >= 15 is 0 Å². The number of hydrogen-bond donors (Lipinski definition) is 1. The molecule has 132 valence electrons. The van der Waals surface area contributed by atoms with Crippen molar-refractivity contribution in [1.82, 2.24) is 10.2 Å². The summed E-state index contributed by atoms with van der Waals surface area (Å²) in [7, 11) is 0. The molecule has 4 nitrogen and oxygen atoms in total. The number of aryl methyl sites for hydroxylation is 2. The molecule has 24 heavy (non-hydrogen) atoms. The smallest absolute Gasteiger partial charge is 0.227 e. The van der Waals surface area contributed by atoms with Crippen LogP contribution in [0.1, 0.15) is 51.2 Å². The predicted octanol–water partition coefficient (Wildman–Crippen LogP) is 3.08. The SMILES string of the molecule is Cc1cccc(CCC(=O)NC2CCN(C(=O)C(C)(C)C)CC2)c1. The van der Waals surface area contributed by atoms with Crippen molar-refractivity contribution in [2.45, 2.75) is 59.4 Å². The maximum absolute atomic E-state index is 12.3. The first-order valence-corrected chi connectivity index (χ1v) is 8.90. The molecule has 1 fully saturated rings. The highest BCUT2D eigenvalue weighted by molar-refractivity contribution is 5.81. The number of carbonyl (C=O) groups is 2. The van der Waals surface area contributed by atoms with Crippen LogP contribution in [-0.2, 0) is 16.0 Å². The second-order valence-electron chi connectivity index (χ2n) is 7.87. The van der Waals surface area contributed by atoms with Crippen molar-refractivity contribution >= 4 is 11.8 Å². The number of rotatable bonds is 4. The highest BCUT2D eigenvalue weighted by Gasteiger charge is 2.30. The Hall–Kier alpha value is -1.84. The largest absolute Gasteiger partial charge is 0.353 e. The van der Waals surface area contributed by atoms with Gasteiger partial charge in [0, 0.05) is 31.0 Å². The maximum atomic E-state index is 12.3. The minimum atomic E-state index is -0.329. The molecule has 1 N–H and O–H groups in total. The Balaban J connectivity index is 1.73. The van der Waals surface area contributed by atoms with Gasteiger partial charge in [-0.25, -0.2) is 0 Å². The minimum absolute atomic E-state index is 0.108. The van der Waals surface area contributed by atoms with Crippen LogP contribution in [0.5, 0.6) is 0 Å². The first kappa shape index (κ1) is 18.5. The van der Waals surface area contributed by atoms with Crippen LogP contribution in [0.3, 0.4) is 0 Å². The second-order valence-corrected chi connectivity index (χ2v) is 7.87. The summed E-state index contributed by atoms with van der Waals surface area (Å²) >= 11 is 0. The van der Waals surface area contributed by atoms with Crippen LogP contribution in [0.15, 0.2) is 24.3 Å². The molecule has 0 radical (unpaired) electrons. The van der Waals surface area contributed by atoms with E-state index in [1.807, 2.05) is 31.7 Å². The van der Waals surface area contributed by atoms with Crippen LogP contribution in [-0.4, -0.2) is 35.8 Å². The number of nitrogens with one attached hydrogen (secondary N) is 1. The van der Waals surface area contributed by atoms with E-state index in [0.29, 0.717) is 6.42 Å². The van der Waals surface area contributed by atoms with Crippen molar-refractivity contribution in [3.63, 3.8) is 0 Å². The zero-order valence-electron chi connectivity index (χ0n) is 15.4. The number of carbonyl (C=O) groups excluding carboxylic acids is 2. The van der Waals surface area contributed by atoms with Crippen molar-refractivity contribution < 1.29 is 9.59 Å². The van der Waals surface area contributed by atoms with Crippen molar-refractivity contribution in [2.24, 2.45) is 5.41 Å². The van der Waals surface area contributed by atoms with Crippen molar-refractivity contribution in [3.05, 3.63) is 35.4 Å². The third-order valence-corrected chi connectivity index (χ3v) is 4.51. The first-order chi connectivity index (χ1) is 11.3. The summed E-state index contributed by atoms with van der Waals surface area (Å²) < 4.78 is 0. The molecular formula is C20H30N2O2. The van der Waals surface area contributed by atoms with Gasteiger partial charge in [0.25, 0.3) is 0 Å². The van der Waals surface area contributed by atoms with Crippen LogP contribution < -0.4 is 5.32 Å². The average molecular weight is 330 g/mol. The highest BCUT2D eigenvalue weighted by Crippen LogP contribution is 2.21. The zero-order chi connectivity index (χ0) is 17.7. The fourth-order valence-corrected chi connectivity index (χ4v) is 3.13. The molecule has 0 atom stereocenters. The molecule has 1 heterocycles. The van der Waals surface area contributed by atoms with Gasteiger partial charge in [0.15, 0.2) is 0 Å². The van der Waals surface area contributed by atoms with E-state index in [-0.39, 0.29) is 23.3 Å². The highest BCUT2D eigenvalue weighted by atomic mass is 16.2. The molecule has 4 heteroatoms. The topological polar surface area (TPSA) is 49.4 Å².